The van der Waals surface area contributed by atoms with Crippen molar-refractivity contribution in [1.82, 2.24) is 4.90 Å². The summed E-state index contributed by atoms with van der Waals surface area (Å²) in [6, 6.07) is 9.27. The van der Waals surface area contributed by atoms with E-state index in [1.165, 1.54) is 23.0 Å². The smallest absolute Gasteiger partial charge is 0.339 e. The Morgan fingerprint density at radius 1 is 1.14 bits per heavy atom. The van der Waals surface area contributed by atoms with Crippen molar-refractivity contribution in [3.63, 3.8) is 0 Å². The van der Waals surface area contributed by atoms with Crippen molar-refractivity contribution in [3.8, 4) is 0 Å². The zero-order valence-corrected chi connectivity index (χ0v) is 16.8. The molecule has 1 aliphatic carbocycles. The molecule has 2 atom stereocenters. The summed E-state index contributed by atoms with van der Waals surface area (Å²) in [5.74, 6) is -0.875. The molecule has 0 spiro atoms. The van der Waals surface area contributed by atoms with Crippen LogP contribution in [0.5, 0.6) is 0 Å². The molecule has 0 radical (unpaired) electrons. The molecule has 0 aromatic heterocycles. The van der Waals surface area contributed by atoms with Gasteiger partial charge in [-0.3, -0.25) is 4.79 Å². The second-order valence-corrected chi connectivity index (χ2v) is 9.89. The van der Waals surface area contributed by atoms with Gasteiger partial charge in [-0.1, -0.05) is 24.3 Å². The van der Waals surface area contributed by atoms with Gasteiger partial charge in [0.25, 0.3) is 5.91 Å². The second kappa shape index (κ2) is 6.88. The van der Waals surface area contributed by atoms with Gasteiger partial charge in [0.15, 0.2) is 15.9 Å². The molecule has 148 valence electrons. The molecule has 1 aliphatic heterocycles. The first-order valence-electron chi connectivity index (χ1n) is 9.48. The molecule has 2 aliphatic rings. The van der Waals surface area contributed by atoms with E-state index < -0.39 is 21.9 Å². The first-order chi connectivity index (χ1) is 13.3. The molecule has 0 saturated carbocycles. The minimum absolute atomic E-state index is 0.0369. The Hall–Kier alpha value is -2.41. The highest BCUT2D eigenvalue weighted by atomic mass is 32.2. The number of aryl methyl sites for hydroxylation is 2. The fourth-order valence-corrected chi connectivity index (χ4v) is 6.02. The Morgan fingerprint density at radius 2 is 1.86 bits per heavy atom. The van der Waals surface area contributed by atoms with Crippen LogP contribution in [0, 0.1) is 0 Å². The van der Waals surface area contributed by atoms with Gasteiger partial charge in [-0.15, -0.1) is 0 Å². The fourth-order valence-electron chi connectivity index (χ4n) is 4.25. The molecule has 1 fully saturated rings. The van der Waals surface area contributed by atoms with Crippen molar-refractivity contribution in [3.05, 3.63) is 47.0 Å². The van der Waals surface area contributed by atoms with Crippen molar-refractivity contribution >= 4 is 32.5 Å². The molecule has 0 bridgehead atoms. The summed E-state index contributed by atoms with van der Waals surface area (Å²) in [6.45, 7) is 1.53. The van der Waals surface area contributed by atoms with E-state index in [0.717, 1.165) is 23.6 Å². The molecular formula is C21H23NO5S. The van der Waals surface area contributed by atoms with Crippen LogP contribution in [0.1, 0.15) is 34.8 Å². The van der Waals surface area contributed by atoms with E-state index in [1.54, 1.807) is 13.1 Å². The van der Waals surface area contributed by atoms with E-state index in [0.29, 0.717) is 12.0 Å². The topological polar surface area (TPSA) is 80.8 Å². The Kier molecular flexibility index (Phi) is 4.65. The quantitative estimate of drug-likeness (QED) is 0.733. The highest BCUT2D eigenvalue weighted by Gasteiger charge is 2.35. The van der Waals surface area contributed by atoms with Crippen LogP contribution >= 0.6 is 0 Å². The van der Waals surface area contributed by atoms with E-state index in [9.17, 15) is 18.0 Å². The molecule has 6 nitrogen and oxygen atoms in total. The van der Waals surface area contributed by atoms with Crippen LogP contribution in [0.4, 0.5) is 0 Å². The summed E-state index contributed by atoms with van der Waals surface area (Å²) in [5, 5.41) is 1.97. The Bertz CT molecular complexity index is 1070. The van der Waals surface area contributed by atoms with Gasteiger partial charge in [0.05, 0.1) is 17.1 Å². The summed E-state index contributed by atoms with van der Waals surface area (Å²) in [5.41, 5.74) is 2.91. The van der Waals surface area contributed by atoms with E-state index >= 15 is 0 Å². The summed E-state index contributed by atoms with van der Waals surface area (Å²) in [7, 11) is -1.53. The number of likely N-dealkylation sites (N-methyl/N-ethyl adjacent to an activating group) is 1. The number of benzene rings is 2. The van der Waals surface area contributed by atoms with Crippen molar-refractivity contribution in [1.29, 1.82) is 0 Å². The number of carbonyl (C=O) groups is 2. The molecule has 7 heteroatoms. The van der Waals surface area contributed by atoms with Crippen molar-refractivity contribution in [2.75, 3.05) is 18.6 Å². The van der Waals surface area contributed by atoms with E-state index in [1.807, 2.05) is 18.2 Å². The lowest BCUT2D eigenvalue weighted by Crippen LogP contribution is -2.44. The number of amides is 1. The zero-order valence-electron chi connectivity index (χ0n) is 16.0. The van der Waals surface area contributed by atoms with Crippen LogP contribution < -0.4 is 0 Å². The van der Waals surface area contributed by atoms with Crippen LogP contribution in [0.25, 0.3) is 10.8 Å². The average Bonchev–Trinajstić information content (AvgIpc) is 3.25. The summed E-state index contributed by atoms with van der Waals surface area (Å²) >= 11 is 0. The Morgan fingerprint density at radius 3 is 2.54 bits per heavy atom. The maximum absolute atomic E-state index is 12.8. The number of ether oxygens (including phenoxy) is 1. The van der Waals surface area contributed by atoms with Gasteiger partial charge >= 0.3 is 5.97 Å². The van der Waals surface area contributed by atoms with Gasteiger partial charge in [0, 0.05) is 13.1 Å². The van der Waals surface area contributed by atoms with Gasteiger partial charge in [0.1, 0.15) is 0 Å². The van der Waals surface area contributed by atoms with E-state index in [-0.39, 0.29) is 23.5 Å². The monoisotopic (exact) mass is 401 g/mol. The van der Waals surface area contributed by atoms with Crippen LogP contribution in [0.3, 0.4) is 0 Å². The first kappa shape index (κ1) is 18.9. The van der Waals surface area contributed by atoms with Crippen LogP contribution in [-0.2, 0) is 32.2 Å². The number of hydrogen-bond acceptors (Lipinski definition) is 5. The molecule has 2 aromatic carbocycles. The van der Waals surface area contributed by atoms with Crippen molar-refractivity contribution in [2.24, 2.45) is 0 Å². The summed E-state index contributed by atoms with van der Waals surface area (Å²) in [6.07, 6.45) is 1.37. The Balaban J connectivity index is 1.51. The molecule has 28 heavy (non-hydrogen) atoms. The lowest BCUT2D eigenvalue weighted by Gasteiger charge is -2.26. The van der Waals surface area contributed by atoms with Crippen LogP contribution in [0.2, 0.25) is 0 Å². The highest BCUT2D eigenvalue weighted by Crippen LogP contribution is 2.33. The molecule has 4 rings (SSSR count). The Labute approximate surface area is 164 Å². The fraction of sp³-hybridized carbons (Fsp3) is 0.429. The van der Waals surface area contributed by atoms with Gasteiger partial charge < -0.3 is 9.64 Å². The van der Waals surface area contributed by atoms with Gasteiger partial charge in [-0.2, -0.15) is 0 Å². The zero-order chi connectivity index (χ0) is 20.1. The van der Waals surface area contributed by atoms with Crippen molar-refractivity contribution < 1.29 is 22.7 Å². The third kappa shape index (κ3) is 3.28. The highest BCUT2D eigenvalue weighted by molar-refractivity contribution is 7.91. The maximum atomic E-state index is 12.8. The second-order valence-electron chi connectivity index (χ2n) is 7.67. The summed E-state index contributed by atoms with van der Waals surface area (Å²) < 4.78 is 28.8. The largest absolute Gasteiger partial charge is 0.449 e. The number of nitrogens with zero attached hydrogens (tertiary/aromatic N) is 1. The van der Waals surface area contributed by atoms with Gasteiger partial charge in [0.2, 0.25) is 0 Å². The lowest BCUT2D eigenvalue weighted by molar-refractivity contribution is -0.140. The first-order valence-corrected chi connectivity index (χ1v) is 11.3. The van der Waals surface area contributed by atoms with Crippen LogP contribution in [0.15, 0.2) is 30.3 Å². The predicted octanol–water partition coefficient (Wildman–Crippen LogP) is 2.13. The lowest BCUT2D eigenvalue weighted by atomic mass is 10.00. The molecule has 1 amide bonds. The number of hydrogen-bond donors (Lipinski definition) is 0. The third-order valence-electron chi connectivity index (χ3n) is 5.83. The number of sulfone groups is 1. The van der Waals surface area contributed by atoms with Gasteiger partial charge in [-0.25, -0.2) is 13.2 Å². The number of esters is 1. The predicted molar refractivity (Wildman–Crippen MR) is 106 cm³/mol. The molecule has 0 unspecified atom stereocenters. The van der Waals surface area contributed by atoms with E-state index in [4.69, 9.17) is 4.74 Å². The van der Waals surface area contributed by atoms with Crippen LogP contribution in [-0.4, -0.2) is 55.9 Å². The summed E-state index contributed by atoms with van der Waals surface area (Å²) in [4.78, 5) is 26.8. The minimum atomic E-state index is -3.09. The van der Waals surface area contributed by atoms with E-state index in [2.05, 4.69) is 6.07 Å². The molecule has 2 aromatic rings. The number of rotatable bonds is 4. The molecule has 0 N–H and O–H groups in total. The van der Waals surface area contributed by atoms with Crippen molar-refractivity contribution in [2.45, 2.75) is 38.3 Å². The molecule has 1 saturated heterocycles. The average molecular weight is 401 g/mol. The van der Waals surface area contributed by atoms with Gasteiger partial charge in [-0.05, 0) is 54.2 Å². The third-order valence-corrected chi connectivity index (χ3v) is 7.58. The normalized spacial score (nSPS) is 20.9. The molecular weight excluding hydrogens is 378 g/mol. The SMILES string of the molecule is C[C@H](OC(=O)c1ccc2c3c(cccc13)CC2)C(=O)N(C)[C@H]1CCS(=O)(=O)C1. The maximum Gasteiger partial charge on any atom is 0.339 e. The standard InChI is InChI=1S/C21H23NO5S/c1-13(20(23)22(2)16-10-11-28(25,26)12-16)27-21(24)18-9-8-15-7-6-14-4-3-5-17(18)19(14)15/h3-5,8-9,13,16H,6-7,10-12H2,1-2H3/t13-,16-/m0/s1. The number of carbonyl (C=O) groups excluding carboxylic acids is 2. The molecule has 1 heterocycles. The minimum Gasteiger partial charge on any atom is -0.449 e.